The highest BCUT2D eigenvalue weighted by Gasteiger charge is 2.37. The van der Waals surface area contributed by atoms with Crippen LogP contribution in [0.1, 0.15) is 39.5 Å². The lowest BCUT2D eigenvalue weighted by Crippen LogP contribution is -2.32. The van der Waals surface area contributed by atoms with Crippen molar-refractivity contribution in [2.24, 2.45) is 5.92 Å². The quantitative estimate of drug-likeness (QED) is 0.396. The van der Waals surface area contributed by atoms with Crippen molar-refractivity contribution in [3.8, 4) is 5.75 Å². The number of benzene rings is 1. The molecule has 1 atom stereocenters. The Kier molecular flexibility index (Phi) is 10.0. The van der Waals surface area contributed by atoms with E-state index in [0.29, 0.717) is 23.6 Å². The standard InChI is InChI=1S/C17H20F3NO2.C5H7Cl/c1-3-16(22)21-13-4-5-15(14(18)10-13)23-11(2)12-6-8-17(19,20)9-7-12;1-3-5(6)4-2/h3-5,10-12H,1,6-9H2,2H3,(H,21,22);3-4H,1H2,2H3/b;5-4+. The molecule has 0 aliphatic heterocycles. The lowest BCUT2D eigenvalue weighted by molar-refractivity contribution is -0.111. The van der Waals surface area contributed by atoms with Crippen molar-refractivity contribution in [2.75, 3.05) is 5.32 Å². The van der Waals surface area contributed by atoms with Crippen molar-refractivity contribution in [1.29, 1.82) is 0 Å². The van der Waals surface area contributed by atoms with E-state index in [1.54, 1.807) is 19.1 Å². The Bertz CT molecular complexity index is 740. The molecule has 29 heavy (non-hydrogen) atoms. The van der Waals surface area contributed by atoms with E-state index >= 15 is 0 Å². The van der Waals surface area contributed by atoms with Crippen LogP contribution in [-0.2, 0) is 4.79 Å². The van der Waals surface area contributed by atoms with E-state index in [9.17, 15) is 18.0 Å². The summed E-state index contributed by atoms with van der Waals surface area (Å²) in [7, 11) is 0. The Labute approximate surface area is 175 Å². The van der Waals surface area contributed by atoms with Crippen LogP contribution in [0.4, 0.5) is 18.9 Å². The van der Waals surface area contributed by atoms with Crippen molar-refractivity contribution in [3.05, 3.63) is 60.4 Å². The molecule has 3 nitrogen and oxygen atoms in total. The van der Waals surface area contributed by atoms with Gasteiger partial charge in [-0.2, -0.15) is 0 Å². The Morgan fingerprint density at radius 2 is 1.93 bits per heavy atom. The highest BCUT2D eigenvalue weighted by atomic mass is 35.5. The van der Waals surface area contributed by atoms with E-state index in [4.69, 9.17) is 16.3 Å². The van der Waals surface area contributed by atoms with Gasteiger partial charge < -0.3 is 10.1 Å². The number of nitrogens with one attached hydrogen (secondary N) is 1. The molecule has 1 saturated carbocycles. The molecule has 0 saturated heterocycles. The molecule has 1 aliphatic carbocycles. The summed E-state index contributed by atoms with van der Waals surface area (Å²) in [6, 6.07) is 4.09. The second-order valence-electron chi connectivity index (χ2n) is 6.73. The highest BCUT2D eigenvalue weighted by molar-refractivity contribution is 6.31. The van der Waals surface area contributed by atoms with Gasteiger partial charge in [0.15, 0.2) is 11.6 Å². The van der Waals surface area contributed by atoms with Crippen LogP contribution >= 0.6 is 11.6 Å². The summed E-state index contributed by atoms with van der Waals surface area (Å²) in [5.74, 6) is -3.61. The molecular weight excluding hydrogens is 403 g/mol. The molecule has 1 aromatic rings. The predicted octanol–water partition coefficient (Wildman–Crippen LogP) is 6.86. The first-order valence-corrected chi connectivity index (χ1v) is 9.71. The van der Waals surface area contributed by atoms with Crippen LogP contribution < -0.4 is 10.1 Å². The van der Waals surface area contributed by atoms with Crippen LogP contribution in [0.5, 0.6) is 5.75 Å². The first-order chi connectivity index (χ1) is 13.6. The second-order valence-corrected chi connectivity index (χ2v) is 7.17. The lowest BCUT2D eigenvalue weighted by Gasteiger charge is -2.32. The number of ether oxygens (including phenoxy) is 1. The van der Waals surface area contributed by atoms with Crippen molar-refractivity contribution < 1.29 is 22.7 Å². The predicted molar refractivity (Wildman–Crippen MR) is 112 cm³/mol. The summed E-state index contributed by atoms with van der Waals surface area (Å²) in [5.41, 5.74) is 0.296. The van der Waals surface area contributed by atoms with Crippen molar-refractivity contribution in [1.82, 2.24) is 0 Å². The number of carbonyl (C=O) groups is 1. The summed E-state index contributed by atoms with van der Waals surface area (Å²) < 4.78 is 46.0. The van der Waals surface area contributed by atoms with Gasteiger partial charge in [0.1, 0.15) is 0 Å². The Morgan fingerprint density at radius 3 is 2.38 bits per heavy atom. The zero-order valence-corrected chi connectivity index (χ0v) is 17.4. The van der Waals surface area contributed by atoms with E-state index in [0.717, 1.165) is 12.1 Å². The van der Waals surface area contributed by atoms with Crippen LogP contribution in [0.25, 0.3) is 0 Å². The van der Waals surface area contributed by atoms with Gasteiger partial charge in [0.2, 0.25) is 11.8 Å². The minimum Gasteiger partial charge on any atom is -0.487 e. The Balaban J connectivity index is 0.000000612. The van der Waals surface area contributed by atoms with Gasteiger partial charge >= 0.3 is 0 Å². The Hall–Kier alpha value is -2.21. The van der Waals surface area contributed by atoms with E-state index in [2.05, 4.69) is 18.5 Å². The molecular formula is C22H27ClF3NO2. The maximum Gasteiger partial charge on any atom is 0.248 e. The van der Waals surface area contributed by atoms with Gasteiger partial charge in [-0.3, -0.25) is 4.79 Å². The van der Waals surface area contributed by atoms with E-state index in [1.807, 2.05) is 6.92 Å². The van der Waals surface area contributed by atoms with Crippen molar-refractivity contribution >= 4 is 23.2 Å². The van der Waals surface area contributed by atoms with Crippen LogP contribution in [0, 0.1) is 11.7 Å². The number of allylic oxidation sites excluding steroid dienone is 3. The number of anilines is 1. The molecule has 2 rings (SSSR count). The first-order valence-electron chi connectivity index (χ1n) is 9.33. The fourth-order valence-electron chi connectivity index (χ4n) is 2.81. The van der Waals surface area contributed by atoms with Gasteiger partial charge in [-0.15, -0.1) is 0 Å². The minimum atomic E-state index is -2.59. The second kappa shape index (κ2) is 11.7. The molecule has 1 aromatic carbocycles. The Morgan fingerprint density at radius 1 is 1.31 bits per heavy atom. The van der Waals surface area contributed by atoms with E-state index < -0.39 is 17.6 Å². The molecule has 1 unspecified atom stereocenters. The largest absolute Gasteiger partial charge is 0.487 e. The zero-order valence-electron chi connectivity index (χ0n) is 16.7. The number of amides is 1. The molecule has 1 N–H and O–H groups in total. The van der Waals surface area contributed by atoms with Crippen LogP contribution in [-0.4, -0.2) is 17.9 Å². The summed E-state index contributed by atoms with van der Waals surface area (Å²) >= 11 is 5.39. The highest BCUT2D eigenvalue weighted by Crippen LogP contribution is 2.38. The molecule has 160 valence electrons. The molecule has 1 aliphatic rings. The zero-order chi connectivity index (χ0) is 22.0. The van der Waals surface area contributed by atoms with Gasteiger partial charge in [-0.25, -0.2) is 13.2 Å². The van der Waals surface area contributed by atoms with Crippen molar-refractivity contribution in [2.45, 2.75) is 51.6 Å². The topological polar surface area (TPSA) is 38.3 Å². The number of carbonyl (C=O) groups excluding carboxylic acids is 1. The monoisotopic (exact) mass is 429 g/mol. The van der Waals surface area contributed by atoms with Crippen LogP contribution in [0.2, 0.25) is 0 Å². The summed E-state index contributed by atoms with van der Waals surface area (Å²) in [4.78, 5) is 11.2. The third-order valence-electron chi connectivity index (χ3n) is 4.59. The summed E-state index contributed by atoms with van der Waals surface area (Å²) in [5, 5.41) is 3.15. The molecule has 0 radical (unpaired) electrons. The fraction of sp³-hybridized carbons (Fsp3) is 0.409. The number of halogens is 4. The third-order valence-corrected chi connectivity index (χ3v) is 4.97. The van der Waals surface area contributed by atoms with E-state index in [-0.39, 0.29) is 30.6 Å². The fourth-order valence-corrected chi connectivity index (χ4v) is 2.81. The summed E-state index contributed by atoms with van der Waals surface area (Å²) in [6.45, 7) is 10.4. The normalized spacial score (nSPS) is 17.4. The first kappa shape index (κ1) is 24.8. The van der Waals surface area contributed by atoms with Gasteiger partial charge in [0.05, 0.1) is 6.10 Å². The molecule has 0 heterocycles. The van der Waals surface area contributed by atoms with Crippen molar-refractivity contribution in [3.63, 3.8) is 0 Å². The van der Waals surface area contributed by atoms with Crippen LogP contribution in [0.3, 0.4) is 0 Å². The van der Waals surface area contributed by atoms with Gasteiger partial charge in [0, 0.05) is 29.6 Å². The smallest absolute Gasteiger partial charge is 0.248 e. The van der Waals surface area contributed by atoms with E-state index in [1.165, 1.54) is 12.1 Å². The lowest BCUT2D eigenvalue weighted by atomic mass is 9.84. The number of rotatable bonds is 6. The van der Waals surface area contributed by atoms with Gasteiger partial charge in [-0.1, -0.05) is 36.9 Å². The van der Waals surface area contributed by atoms with Gasteiger partial charge in [-0.05, 0) is 50.8 Å². The number of hydrogen-bond acceptors (Lipinski definition) is 2. The third kappa shape index (κ3) is 8.77. The molecule has 1 fully saturated rings. The minimum absolute atomic E-state index is 0.0193. The number of hydrogen-bond donors (Lipinski definition) is 1. The maximum absolute atomic E-state index is 14.0. The summed E-state index contributed by atoms with van der Waals surface area (Å²) in [6.07, 6.45) is 4.54. The molecule has 0 bridgehead atoms. The molecule has 0 spiro atoms. The SMILES string of the molecule is C=C/C(Cl)=C\C.C=CC(=O)Nc1ccc(OC(C)C2CCC(F)(F)CC2)c(F)c1. The average Bonchev–Trinajstić information content (AvgIpc) is 2.69. The maximum atomic E-state index is 14.0. The molecule has 1 amide bonds. The molecule has 0 aromatic heterocycles. The number of alkyl halides is 2. The van der Waals surface area contributed by atoms with Gasteiger partial charge in [0.25, 0.3) is 0 Å². The average molecular weight is 430 g/mol. The van der Waals surface area contributed by atoms with Crippen LogP contribution in [0.15, 0.2) is 54.6 Å². The molecule has 7 heteroatoms.